The molecule has 2 aliphatic heterocycles. The summed E-state index contributed by atoms with van der Waals surface area (Å²) in [5.74, 6) is 6.22. The van der Waals surface area contributed by atoms with E-state index in [0.29, 0.717) is 0 Å². The first-order chi connectivity index (χ1) is 15.3. The first-order valence-corrected chi connectivity index (χ1v) is 15.0. The molecule has 32 heavy (non-hydrogen) atoms. The number of rotatable bonds is 7. The van der Waals surface area contributed by atoms with Crippen molar-refractivity contribution in [2.45, 2.75) is 104 Å². The highest BCUT2D eigenvalue weighted by molar-refractivity contribution is 4.82. The number of hydrogen-bond donors (Lipinski definition) is 0. The molecular weight excluding hydrogens is 388 g/mol. The van der Waals surface area contributed by atoms with Gasteiger partial charge in [-0.2, -0.15) is 0 Å². The van der Waals surface area contributed by atoms with Gasteiger partial charge in [0.25, 0.3) is 0 Å². The molecule has 0 amide bonds. The maximum absolute atomic E-state index is 2.55. The van der Waals surface area contributed by atoms with E-state index < -0.39 is 0 Å². The fourth-order valence-electron chi connectivity index (χ4n) is 7.97. The molecule has 2 heteroatoms. The largest absolute Gasteiger partial charge is 0.326 e. The van der Waals surface area contributed by atoms with Gasteiger partial charge in [-0.15, -0.1) is 0 Å². The van der Waals surface area contributed by atoms with Crippen molar-refractivity contribution in [3.05, 3.63) is 0 Å². The molecule has 186 valence electrons. The Morgan fingerprint density at radius 1 is 0.469 bits per heavy atom. The number of likely N-dealkylation sites (tertiary alicyclic amines) is 2. The molecule has 2 aliphatic carbocycles. The predicted molar refractivity (Wildman–Crippen MR) is 138 cm³/mol. The second-order valence-electron chi connectivity index (χ2n) is 14.1. The summed E-state index contributed by atoms with van der Waals surface area (Å²) in [6, 6.07) is 0. The van der Waals surface area contributed by atoms with Gasteiger partial charge in [0.05, 0.1) is 53.4 Å². The van der Waals surface area contributed by atoms with Crippen molar-refractivity contribution in [3.8, 4) is 0 Å². The minimum Gasteiger partial charge on any atom is -0.326 e. The molecule has 2 nitrogen and oxygen atoms in total. The summed E-state index contributed by atoms with van der Waals surface area (Å²) in [6.07, 6.45) is 21.3. The van der Waals surface area contributed by atoms with Gasteiger partial charge in [-0.3, -0.25) is 0 Å². The maximum atomic E-state index is 2.55. The van der Waals surface area contributed by atoms with Crippen LogP contribution in [0.15, 0.2) is 0 Å². The summed E-state index contributed by atoms with van der Waals surface area (Å²) < 4.78 is 2.76. The highest BCUT2D eigenvalue weighted by Gasteiger charge is 2.34. The van der Waals surface area contributed by atoms with Gasteiger partial charge in [0, 0.05) is 0 Å². The summed E-state index contributed by atoms with van der Waals surface area (Å²) in [4.78, 5) is 0. The van der Waals surface area contributed by atoms with Crippen LogP contribution in [-0.2, 0) is 0 Å². The Balaban J connectivity index is 1.10. The quantitative estimate of drug-likeness (QED) is 0.365. The van der Waals surface area contributed by atoms with E-state index in [1.807, 2.05) is 0 Å². The topological polar surface area (TPSA) is 0 Å². The van der Waals surface area contributed by atoms with Crippen molar-refractivity contribution >= 4 is 0 Å². The average Bonchev–Trinajstić information content (AvgIpc) is 2.82. The normalized spacial score (nSPS) is 46.1. The molecule has 0 spiro atoms. The van der Waals surface area contributed by atoms with Gasteiger partial charge >= 0.3 is 0 Å². The summed E-state index contributed by atoms with van der Waals surface area (Å²) in [5, 5.41) is 0. The SMILES string of the molecule is CC1CC[N+](C)(CCC2CCC(C3CCC(CC[N+]4(C)CCC(C)CC4)CC3)CC2)CC1. The minimum absolute atomic E-state index is 0.977. The van der Waals surface area contributed by atoms with Gasteiger partial charge in [-0.1, -0.05) is 13.8 Å². The Kier molecular flexibility index (Phi) is 8.69. The van der Waals surface area contributed by atoms with Crippen LogP contribution in [0.3, 0.4) is 0 Å². The fraction of sp³-hybridized carbons (Fsp3) is 1.00. The van der Waals surface area contributed by atoms with E-state index in [9.17, 15) is 0 Å². The summed E-state index contributed by atoms with van der Waals surface area (Å²) >= 11 is 0. The van der Waals surface area contributed by atoms with Crippen molar-refractivity contribution in [2.75, 3.05) is 53.4 Å². The van der Waals surface area contributed by atoms with Crippen LogP contribution in [0.5, 0.6) is 0 Å². The first-order valence-electron chi connectivity index (χ1n) is 15.0. The van der Waals surface area contributed by atoms with Gasteiger partial charge in [0.2, 0.25) is 0 Å². The first kappa shape index (κ1) is 25.0. The zero-order valence-electron chi connectivity index (χ0n) is 22.5. The molecule has 4 rings (SSSR count). The van der Waals surface area contributed by atoms with Gasteiger partial charge in [0.15, 0.2) is 0 Å². The molecule has 2 saturated carbocycles. The number of hydrogen-bond acceptors (Lipinski definition) is 0. The van der Waals surface area contributed by atoms with E-state index in [2.05, 4.69) is 27.9 Å². The van der Waals surface area contributed by atoms with Crippen LogP contribution in [0.2, 0.25) is 0 Å². The second-order valence-corrected chi connectivity index (χ2v) is 14.1. The molecule has 4 aliphatic rings. The third-order valence-electron chi connectivity index (χ3n) is 11.3. The van der Waals surface area contributed by atoms with Crippen LogP contribution in [0.25, 0.3) is 0 Å². The summed E-state index contributed by atoms with van der Waals surface area (Å²) in [6.45, 7) is 13.6. The molecule has 2 saturated heterocycles. The van der Waals surface area contributed by atoms with Gasteiger partial charge in [-0.25, -0.2) is 0 Å². The Hall–Kier alpha value is -0.0800. The predicted octanol–water partition coefficient (Wildman–Crippen LogP) is 7.13. The molecular formula is C30H58N2+2. The molecule has 4 fully saturated rings. The molecule has 0 unspecified atom stereocenters. The summed E-state index contributed by atoms with van der Waals surface area (Å²) in [5.41, 5.74) is 0. The van der Waals surface area contributed by atoms with E-state index in [1.54, 1.807) is 51.4 Å². The standard InChI is InChI=1S/C30H58N2/c1-25-13-19-31(3,20-14-25)23-17-27-5-9-29(10-6-27)30-11-7-28(8-12-30)18-24-32(4)21-15-26(2)16-22-32/h25-30H,5-24H2,1-4H3/q+2. The lowest BCUT2D eigenvalue weighted by Crippen LogP contribution is -2.50. The molecule has 0 atom stereocenters. The van der Waals surface area contributed by atoms with Crippen LogP contribution in [0, 0.1) is 35.5 Å². The lowest BCUT2D eigenvalue weighted by Gasteiger charge is -2.42. The fourth-order valence-corrected chi connectivity index (χ4v) is 7.97. The third-order valence-corrected chi connectivity index (χ3v) is 11.3. The monoisotopic (exact) mass is 446 g/mol. The Bertz CT molecular complexity index is 489. The highest BCUT2D eigenvalue weighted by Crippen LogP contribution is 2.43. The van der Waals surface area contributed by atoms with Gasteiger partial charge < -0.3 is 8.97 Å². The van der Waals surface area contributed by atoms with E-state index >= 15 is 0 Å². The highest BCUT2D eigenvalue weighted by atomic mass is 15.3. The van der Waals surface area contributed by atoms with Crippen molar-refractivity contribution < 1.29 is 8.97 Å². The molecule has 0 aromatic rings. The number of piperidine rings is 2. The Morgan fingerprint density at radius 3 is 1.09 bits per heavy atom. The van der Waals surface area contributed by atoms with E-state index in [0.717, 1.165) is 35.5 Å². The molecule has 0 aromatic heterocycles. The van der Waals surface area contributed by atoms with Crippen LogP contribution in [-0.4, -0.2) is 62.3 Å². The summed E-state index contributed by atoms with van der Waals surface area (Å²) in [7, 11) is 5.09. The van der Waals surface area contributed by atoms with Crippen LogP contribution >= 0.6 is 0 Å². The van der Waals surface area contributed by atoms with Gasteiger partial charge in [-0.05, 0) is 125 Å². The zero-order valence-corrected chi connectivity index (χ0v) is 22.5. The lowest BCUT2D eigenvalue weighted by molar-refractivity contribution is -0.915. The van der Waals surface area contributed by atoms with Crippen molar-refractivity contribution in [2.24, 2.45) is 35.5 Å². The van der Waals surface area contributed by atoms with E-state index in [1.165, 1.54) is 86.8 Å². The molecule has 0 bridgehead atoms. The minimum atomic E-state index is 0.977. The number of quaternary nitrogens is 2. The average molecular weight is 447 g/mol. The maximum Gasteiger partial charge on any atom is 0.0787 e. The Morgan fingerprint density at radius 2 is 0.781 bits per heavy atom. The second kappa shape index (κ2) is 11.1. The van der Waals surface area contributed by atoms with Crippen LogP contribution in [0.4, 0.5) is 0 Å². The Labute approximate surface area is 201 Å². The van der Waals surface area contributed by atoms with Gasteiger partial charge in [0.1, 0.15) is 0 Å². The molecule has 0 N–H and O–H groups in total. The number of nitrogens with zero attached hydrogens (tertiary/aromatic N) is 2. The van der Waals surface area contributed by atoms with E-state index in [-0.39, 0.29) is 0 Å². The van der Waals surface area contributed by atoms with E-state index in [4.69, 9.17) is 0 Å². The molecule has 2 heterocycles. The molecule has 0 radical (unpaired) electrons. The smallest absolute Gasteiger partial charge is 0.0787 e. The van der Waals surface area contributed by atoms with Crippen LogP contribution in [0.1, 0.15) is 104 Å². The van der Waals surface area contributed by atoms with Crippen LogP contribution < -0.4 is 0 Å². The lowest BCUT2D eigenvalue weighted by atomic mass is 9.68. The van der Waals surface area contributed by atoms with Crippen molar-refractivity contribution in [3.63, 3.8) is 0 Å². The zero-order chi connectivity index (χ0) is 22.6. The third kappa shape index (κ3) is 6.97. The van der Waals surface area contributed by atoms with Crippen molar-refractivity contribution in [1.29, 1.82) is 0 Å². The van der Waals surface area contributed by atoms with Crippen molar-refractivity contribution in [1.82, 2.24) is 0 Å². The molecule has 0 aromatic carbocycles.